The summed E-state index contributed by atoms with van der Waals surface area (Å²) in [6, 6.07) is 5.34. The second-order valence-electron chi connectivity index (χ2n) is 2.78. The minimum Gasteiger partial charge on any atom is -0.478 e. The number of aromatic carboxylic acids is 1. The van der Waals surface area contributed by atoms with Gasteiger partial charge in [0.25, 0.3) is 0 Å². The molecular weight excluding hydrogens is 200 g/mol. The summed E-state index contributed by atoms with van der Waals surface area (Å²) in [5.74, 6) is -2.85. The van der Waals surface area contributed by atoms with Gasteiger partial charge in [-0.05, 0) is 18.2 Å². The maximum Gasteiger partial charge on any atom is 0.379 e. The third kappa shape index (κ3) is 2.91. The van der Waals surface area contributed by atoms with Crippen LogP contribution in [0.15, 0.2) is 24.3 Å². The number of ketones is 1. The van der Waals surface area contributed by atoms with Crippen molar-refractivity contribution >= 4 is 17.7 Å². The highest BCUT2D eigenvalue weighted by Gasteiger charge is 2.11. The summed E-state index contributed by atoms with van der Waals surface area (Å²) < 4.78 is 4.61. The summed E-state index contributed by atoms with van der Waals surface area (Å²) in [7, 11) is 0. The van der Waals surface area contributed by atoms with Gasteiger partial charge in [0.2, 0.25) is 5.78 Å². The highest BCUT2D eigenvalue weighted by molar-refractivity contribution is 6.33. The molecule has 0 radical (unpaired) electrons. The Morgan fingerprint density at radius 2 is 1.93 bits per heavy atom. The zero-order valence-corrected chi connectivity index (χ0v) is 7.89. The average molecular weight is 208 g/mol. The van der Waals surface area contributed by atoms with Gasteiger partial charge in [-0.3, -0.25) is 4.79 Å². The van der Waals surface area contributed by atoms with Crippen molar-refractivity contribution in [1.82, 2.24) is 0 Å². The van der Waals surface area contributed by atoms with Crippen molar-refractivity contribution in [3.63, 3.8) is 0 Å². The lowest BCUT2D eigenvalue weighted by molar-refractivity contribution is -0.146. The molecule has 1 rings (SSSR count). The van der Waals surface area contributed by atoms with Gasteiger partial charge in [-0.25, -0.2) is 9.59 Å². The normalized spacial score (nSPS) is 9.40. The van der Waals surface area contributed by atoms with E-state index in [4.69, 9.17) is 5.11 Å². The zero-order valence-electron chi connectivity index (χ0n) is 7.89. The van der Waals surface area contributed by atoms with Gasteiger partial charge in [0.15, 0.2) is 0 Å². The first-order valence-electron chi connectivity index (χ1n) is 4.07. The summed E-state index contributed by atoms with van der Waals surface area (Å²) in [4.78, 5) is 32.0. The number of Topliss-reactive ketones (excluding diaryl/α,β-unsaturated/α-hetero) is 1. The fourth-order valence-electron chi connectivity index (χ4n) is 0.872. The monoisotopic (exact) mass is 208 g/mol. The van der Waals surface area contributed by atoms with Crippen molar-refractivity contribution in [2.75, 3.05) is 0 Å². The fourth-order valence-corrected chi connectivity index (χ4v) is 0.872. The zero-order chi connectivity index (χ0) is 11.4. The number of carbonyl (C=O) groups excluding carboxylic acids is 2. The Bertz CT molecular complexity index is 422. The molecule has 78 valence electrons. The number of carboxylic acids is 1. The standard InChI is InChI=1S/C10H8O5/c1-6(11)10(14)15-8-4-2-3-7(5-8)9(12)13/h2-5H,1H3,(H,12,13). The number of carboxylic acid groups (broad SMARTS) is 1. The van der Waals surface area contributed by atoms with Gasteiger partial charge in [-0.15, -0.1) is 0 Å². The number of carbonyl (C=O) groups is 3. The molecule has 0 amide bonds. The van der Waals surface area contributed by atoms with E-state index in [9.17, 15) is 14.4 Å². The smallest absolute Gasteiger partial charge is 0.379 e. The SMILES string of the molecule is CC(=O)C(=O)Oc1cccc(C(=O)O)c1. The molecule has 0 aromatic heterocycles. The molecule has 15 heavy (non-hydrogen) atoms. The Kier molecular flexibility index (Phi) is 3.17. The summed E-state index contributed by atoms with van der Waals surface area (Å²) in [5, 5.41) is 8.65. The van der Waals surface area contributed by atoms with Crippen LogP contribution < -0.4 is 4.74 Å². The Morgan fingerprint density at radius 1 is 1.27 bits per heavy atom. The van der Waals surface area contributed by atoms with Crippen LogP contribution in [0.2, 0.25) is 0 Å². The Hall–Kier alpha value is -2.17. The minimum absolute atomic E-state index is 0.0103. The van der Waals surface area contributed by atoms with Crippen LogP contribution in [0, 0.1) is 0 Å². The molecular formula is C10H8O5. The van der Waals surface area contributed by atoms with E-state index >= 15 is 0 Å². The van der Waals surface area contributed by atoms with Crippen LogP contribution >= 0.6 is 0 Å². The molecule has 0 fully saturated rings. The summed E-state index contributed by atoms with van der Waals surface area (Å²) in [5.41, 5.74) is -0.0103. The molecule has 0 saturated heterocycles. The van der Waals surface area contributed by atoms with E-state index in [1.807, 2.05) is 0 Å². The quantitative estimate of drug-likeness (QED) is 0.453. The number of hydrogen-bond donors (Lipinski definition) is 1. The topological polar surface area (TPSA) is 80.7 Å². The molecule has 0 heterocycles. The van der Waals surface area contributed by atoms with E-state index in [2.05, 4.69) is 4.74 Å². The van der Waals surface area contributed by atoms with Gasteiger partial charge in [0.05, 0.1) is 5.56 Å². The average Bonchev–Trinajstić information content (AvgIpc) is 2.18. The van der Waals surface area contributed by atoms with Crippen molar-refractivity contribution in [2.24, 2.45) is 0 Å². The molecule has 0 aliphatic heterocycles. The van der Waals surface area contributed by atoms with E-state index < -0.39 is 17.7 Å². The molecule has 1 aromatic rings. The van der Waals surface area contributed by atoms with Crippen LogP contribution in [-0.4, -0.2) is 22.8 Å². The van der Waals surface area contributed by atoms with Gasteiger partial charge < -0.3 is 9.84 Å². The first-order valence-corrected chi connectivity index (χ1v) is 4.07. The van der Waals surface area contributed by atoms with Gasteiger partial charge in [0, 0.05) is 6.92 Å². The van der Waals surface area contributed by atoms with E-state index in [0.29, 0.717) is 0 Å². The molecule has 0 aliphatic carbocycles. The van der Waals surface area contributed by atoms with Crippen LogP contribution in [0.1, 0.15) is 17.3 Å². The molecule has 0 unspecified atom stereocenters. The van der Waals surface area contributed by atoms with Gasteiger partial charge >= 0.3 is 11.9 Å². The number of rotatable bonds is 3. The van der Waals surface area contributed by atoms with Gasteiger partial charge in [-0.2, -0.15) is 0 Å². The Labute approximate surface area is 85.3 Å². The van der Waals surface area contributed by atoms with Crippen molar-refractivity contribution in [3.05, 3.63) is 29.8 Å². The van der Waals surface area contributed by atoms with E-state index in [0.717, 1.165) is 6.92 Å². The first-order chi connectivity index (χ1) is 7.00. The Morgan fingerprint density at radius 3 is 2.47 bits per heavy atom. The van der Waals surface area contributed by atoms with Gasteiger partial charge in [0.1, 0.15) is 5.75 Å². The maximum atomic E-state index is 10.9. The lowest BCUT2D eigenvalue weighted by atomic mass is 10.2. The summed E-state index contributed by atoms with van der Waals surface area (Å²) in [6.45, 7) is 1.07. The number of hydrogen-bond acceptors (Lipinski definition) is 4. The van der Waals surface area contributed by atoms with E-state index in [-0.39, 0.29) is 11.3 Å². The second-order valence-corrected chi connectivity index (χ2v) is 2.78. The number of esters is 1. The largest absolute Gasteiger partial charge is 0.478 e. The van der Waals surface area contributed by atoms with Crippen LogP contribution in [0.5, 0.6) is 5.75 Å². The third-order valence-electron chi connectivity index (χ3n) is 1.58. The van der Waals surface area contributed by atoms with Crippen molar-refractivity contribution in [2.45, 2.75) is 6.92 Å². The van der Waals surface area contributed by atoms with E-state index in [1.54, 1.807) is 0 Å². The molecule has 5 heteroatoms. The predicted molar refractivity (Wildman–Crippen MR) is 49.7 cm³/mol. The molecule has 0 saturated carbocycles. The van der Waals surface area contributed by atoms with Crippen LogP contribution in [0.4, 0.5) is 0 Å². The predicted octanol–water partition coefficient (Wildman–Crippen LogP) is 0.879. The minimum atomic E-state index is -1.13. The highest BCUT2D eigenvalue weighted by Crippen LogP contribution is 2.13. The van der Waals surface area contributed by atoms with Crippen molar-refractivity contribution in [1.29, 1.82) is 0 Å². The van der Waals surface area contributed by atoms with Gasteiger partial charge in [-0.1, -0.05) is 6.07 Å². The van der Waals surface area contributed by atoms with Crippen LogP contribution in [-0.2, 0) is 9.59 Å². The maximum absolute atomic E-state index is 10.9. The molecule has 1 aromatic carbocycles. The van der Waals surface area contributed by atoms with E-state index in [1.165, 1.54) is 24.3 Å². The molecule has 5 nitrogen and oxygen atoms in total. The molecule has 0 spiro atoms. The fraction of sp³-hybridized carbons (Fsp3) is 0.100. The molecule has 0 atom stereocenters. The molecule has 0 aliphatic rings. The lowest BCUT2D eigenvalue weighted by Gasteiger charge is -2.02. The molecule has 0 bridgehead atoms. The molecule has 1 N–H and O–H groups in total. The lowest BCUT2D eigenvalue weighted by Crippen LogP contribution is -2.16. The van der Waals surface area contributed by atoms with Crippen molar-refractivity contribution in [3.8, 4) is 5.75 Å². The third-order valence-corrected chi connectivity index (χ3v) is 1.58. The first kappa shape index (κ1) is 10.9. The Balaban J connectivity index is 2.87. The van der Waals surface area contributed by atoms with Crippen LogP contribution in [0.25, 0.3) is 0 Å². The van der Waals surface area contributed by atoms with Crippen LogP contribution in [0.3, 0.4) is 0 Å². The summed E-state index contributed by atoms with van der Waals surface area (Å²) in [6.07, 6.45) is 0. The summed E-state index contributed by atoms with van der Waals surface area (Å²) >= 11 is 0. The highest BCUT2D eigenvalue weighted by atomic mass is 16.5. The second kappa shape index (κ2) is 4.36. The number of benzene rings is 1. The van der Waals surface area contributed by atoms with Crippen molar-refractivity contribution < 1.29 is 24.2 Å². The number of ether oxygens (including phenoxy) is 1.